The van der Waals surface area contributed by atoms with Crippen LogP contribution in [0.3, 0.4) is 0 Å². The number of aliphatic hydroxyl groups excluding tert-OH is 2. The lowest BCUT2D eigenvalue weighted by molar-refractivity contribution is 0.0941. The minimum atomic E-state index is -0.696. The van der Waals surface area contributed by atoms with Crippen LogP contribution in [0.1, 0.15) is 18.2 Å². The predicted molar refractivity (Wildman–Crippen MR) is 58.4 cm³/mol. The Labute approximate surface area is 90.0 Å². The normalized spacial score (nSPS) is 12.7. The van der Waals surface area contributed by atoms with Crippen LogP contribution in [0.2, 0.25) is 0 Å². The molecule has 15 heavy (non-hydrogen) atoms. The highest BCUT2D eigenvalue weighted by Crippen LogP contribution is 2.05. The quantitative estimate of drug-likeness (QED) is 0.622. The van der Waals surface area contributed by atoms with E-state index in [-0.39, 0.29) is 6.61 Å². The van der Waals surface area contributed by atoms with E-state index >= 15 is 0 Å². The first-order valence-corrected chi connectivity index (χ1v) is 5.20. The van der Waals surface area contributed by atoms with Gasteiger partial charge in [0.1, 0.15) is 0 Å². The van der Waals surface area contributed by atoms with Crippen LogP contribution in [0.4, 0.5) is 0 Å². The molecule has 0 bridgehead atoms. The summed E-state index contributed by atoms with van der Waals surface area (Å²) in [5.74, 6) is 0. The Morgan fingerprint density at radius 2 is 2.33 bits per heavy atom. The van der Waals surface area contributed by atoms with E-state index in [0.29, 0.717) is 13.1 Å². The average Bonchev–Trinajstić information content (AvgIpc) is 2.29. The second kappa shape index (κ2) is 6.50. The Hall–Kier alpha value is -0.970. The maximum absolute atomic E-state index is 9.13. The molecule has 4 heteroatoms. The van der Waals surface area contributed by atoms with Gasteiger partial charge in [-0.05, 0) is 18.1 Å². The van der Waals surface area contributed by atoms with Gasteiger partial charge in [-0.2, -0.15) is 0 Å². The second-order valence-corrected chi connectivity index (χ2v) is 3.43. The largest absolute Gasteiger partial charge is 0.394 e. The summed E-state index contributed by atoms with van der Waals surface area (Å²) in [6, 6.07) is 3.97. The Kier molecular flexibility index (Phi) is 5.25. The van der Waals surface area contributed by atoms with E-state index in [2.05, 4.69) is 17.2 Å². The molecule has 1 aromatic heterocycles. The summed E-state index contributed by atoms with van der Waals surface area (Å²) in [7, 11) is 0. The first kappa shape index (κ1) is 12.1. The topological polar surface area (TPSA) is 65.4 Å². The highest BCUT2D eigenvalue weighted by molar-refractivity contribution is 5.19. The van der Waals surface area contributed by atoms with Crippen molar-refractivity contribution in [3.05, 3.63) is 29.6 Å². The van der Waals surface area contributed by atoms with Gasteiger partial charge in [-0.25, -0.2) is 0 Å². The summed E-state index contributed by atoms with van der Waals surface area (Å²) in [5.41, 5.74) is 2.22. The first-order chi connectivity index (χ1) is 7.27. The van der Waals surface area contributed by atoms with Crippen molar-refractivity contribution in [1.29, 1.82) is 0 Å². The third-order valence-electron chi connectivity index (χ3n) is 2.25. The zero-order valence-electron chi connectivity index (χ0n) is 8.98. The van der Waals surface area contributed by atoms with Crippen molar-refractivity contribution in [3.63, 3.8) is 0 Å². The fourth-order valence-electron chi connectivity index (χ4n) is 1.37. The molecule has 0 amide bonds. The standard InChI is InChI=1S/C11H18N2O2/c1-2-9-4-3-5-13-11(9)7-12-6-10(15)8-14/h3-5,10,12,14-15H,2,6-8H2,1H3. The zero-order chi connectivity index (χ0) is 11.1. The molecule has 0 saturated heterocycles. The Morgan fingerprint density at radius 3 is 3.00 bits per heavy atom. The molecule has 0 aliphatic rings. The number of hydrogen-bond donors (Lipinski definition) is 3. The van der Waals surface area contributed by atoms with Crippen molar-refractivity contribution in [2.75, 3.05) is 13.2 Å². The highest BCUT2D eigenvalue weighted by Gasteiger charge is 2.03. The number of aliphatic hydroxyl groups is 2. The van der Waals surface area contributed by atoms with E-state index in [9.17, 15) is 0 Å². The molecule has 0 aliphatic heterocycles. The van der Waals surface area contributed by atoms with Crippen molar-refractivity contribution < 1.29 is 10.2 Å². The van der Waals surface area contributed by atoms with E-state index in [1.165, 1.54) is 5.56 Å². The molecular formula is C11H18N2O2. The number of hydrogen-bond acceptors (Lipinski definition) is 4. The molecule has 0 fully saturated rings. The van der Waals surface area contributed by atoms with Gasteiger partial charge in [-0.1, -0.05) is 13.0 Å². The lowest BCUT2D eigenvalue weighted by Gasteiger charge is -2.10. The number of aromatic nitrogens is 1. The predicted octanol–water partition coefficient (Wildman–Crippen LogP) is 0.0868. The van der Waals surface area contributed by atoms with Crippen LogP contribution in [-0.2, 0) is 13.0 Å². The monoisotopic (exact) mass is 210 g/mol. The maximum atomic E-state index is 9.13. The van der Waals surface area contributed by atoms with Gasteiger partial charge >= 0.3 is 0 Å². The minimum absolute atomic E-state index is 0.212. The van der Waals surface area contributed by atoms with E-state index in [1.54, 1.807) is 6.20 Å². The lowest BCUT2D eigenvalue weighted by Crippen LogP contribution is -2.29. The van der Waals surface area contributed by atoms with Gasteiger partial charge in [-0.15, -0.1) is 0 Å². The van der Waals surface area contributed by atoms with Crippen molar-refractivity contribution in [2.45, 2.75) is 26.0 Å². The molecular weight excluding hydrogens is 192 g/mol. The summed E-state index contributed by atoms with van der Waals surface area (Å²) in [5, 5.41) is 20.8. The molecule has 0 aromatic carbocycles. The van der Waals surface area contributed by atoms with Crippen LogP contribution in [-0.4, -0.2) is 34.5 Å². The van der Waals surface area contributed by atoms with Crippen LogP contribution < -0.4 is 5.32 Å². The molecule has 1 rings (SSSR count). The number of rotatable bonds is 6. The number of aryl methyl sites for hydroxylation is 1. The first-order valence-electron chi connectivity index (χ1n) is 5.20. The molecule has 1 atom stereocenters. The van der Waals surface area contributed by atoms with E-state index in [0.717, 1.165) is 12.1 Å². The Morgan fingerprint density at radius 1 is 1.53 bits per heavy atom. The van der Waals surface area contributed by atoms with Crippen LogP contribution >= 0.6 is 0 Å². The van der Waals surface area contributed by atoms with E-state index in [1.807, 2.05) is 12.1 Å². The number of nitrogens with zero attached hydrogens (tertiary/aromatic N) is 1. The van der Waals surface area contributed by atoms with Crippen molar-refractivity contribution in [3.8, 4) is 0 Å². The van der Waals surface area contributed by atoms with Gasteiger partial charge in [0.05, 0.1) is 18.4 Å². The minimum Gasteiger partial charge on any atom is -0.394 e. The molecule has 1 heterocycles. The maximum Gasteiger partial charge on any atom is 0.0895 e. The highest BCUT2D eigenvalue weighted by atomic mass is 16.3. The molecule has 1 unspecified atom stereocenters. The van der Waals surface area contributed by atoms with Crippen LogP contribution in [0.25, 0.3) is 0 Å². The van der Waals surface area contributed by atoms with Gasteiger partial charge < -0.3 is 15.5 Å². The average molecular weight is 210 g/mol. The summed E-state index contributed by atoms with van der Waals surface area (Å²) in [6.07, 6.45) is 2.02. The lowest BCUT2D eigenvalue weighted by atomic mass is 10.1. The summed E-state index contributed by atoms with van der Waals surface area (Å²) < 4.78 is 0. The Balaban J connectivity index is 2.43. The van der Waals surface area contributed by atoms with Crippen LogP contribution in [0.15, 0.2) is 18.3 Å². The molecule has 0 spiro atoms. The number of nitrogens with one attached hydrogen (secondary N) is 1. The Bertz CT molecular complexity index is 292. The van der Waals surface area contributed by atoms with Crippen LogP contribution in [0.5, 0.6) is 0 Å². The van der Waals surface area contributed by atoms with Crippen molar-refractivity contribution >= 4 is 0 Å². The SMILES string of the molecule is CCc1cccnc1CNCC(O)CO. The molecule has 4 nitrogen and oxygen atoms in total. The summed E-state index contributed by atoms with van der Waals surface area (Å²) in [4.78, 5) is 4.27. The van der Waals surface area contributed by atoms with Crippen molar-refractivity contribution in [2.24, 2.45) is 0 Å². The zero-order valence-corrected chi connectivity index (χ0v) is 8.98. The fourth-order valence-corrected chi connectivity index (χ4v) is 1.37. The van der Waals surface area contributed by atoms with Gasteiger partial charge in [0.15, 0.2) is 0 Å². The molecule has 84 valence electrons. The molecule has 0 saturated carbocycles. The third-order valence-corrected chi connectivity index (χ3v) is 2.25. The smallest absolute Gasteiger partial charge is 0.0895 e. The summed E-state index contributed by atoms with van der Waals surface area (Å²) >= 11 is 0. The summed E-state index contributed by atoms with van der Waals surface area (Å²) in [6.45, 7) is 2.89. The van der Waals surface area contributed by atoms with E-state index in [4.69, 9.17) is 10.2 Å². The fraction of sp³-hybridized carbons (Fsp3) is 0.545. The van der Waals surface area contributed by atoms with Gasteiger partial charge in [0.25, 0.3) is 0 Å². The second-order valence-electron chi connectivity index (χ2n) is 3.43. The van der Waals surface area contributed by atoms with Gasteiger partial charge in [0, 0.05) is 19.3 Å². The van der Waals surface area contributed by atoms with Gasteiger partial charge in [0.2, 0.25) is 0 Å². The molecule has 3 N–H and O–H groups in total. The third kappa shape index (κ3) is 3.95. The van der Waals surface area contributed by atoms with E-state index < -0.39 is 6.10 Å². The molecule has 0 radical (unpaired) electrons. The molecule has 0 aliphatic carbocycles. The van der Waals surface area contributed by atoms with Crippen molar-refractivity contribution in [1.82, 2.24) is 10.3 Å². The van der Waals surface area contributed by atoms with Gasteiger partial charge in [-0.3, -0.25) is 4.98 Å². The van der Waals surface area contributed by atoms with Crippen LogP contribution in [0, 0.1) is 0 Å². The number of pyridine rings is 1. The molecule has 1 aromatic rings.